The molecule has 0 amide bonds. The van der Waals surface area contributed by atoms with E-state index in [1.54, 1.807) is 0 Å². The molecule has 0 radical (unpaired) electrons. The summed E-state index contributed by atoms with van der Waals surface area (Å²) in [4.78, 5) is 16.8. The van der Waals surface area contributed by atoms with Crippen LogP contribution in [0.3, 0.4) is 0 Å². The minimum atomic E-state index is -0.252. The van der Waals surface area contributed by atoms with Crippen molar-refractivity contribution in [2.24, 2.45) is 5.92 Å². The molecule has 1 aliphatic carbocycles. The van der Waals surface area contributed by atoms with Gasteiger partial charge in [-0.25, -0.2) is 4.98 Å². The zero-order valence-corrected chi connectivity index (χ0v) is 21.9. The molecular weight excluding hydrogens is 486 g/mol. The van der Waals surface area contributed by atoms with Gasteiger partial charge in [-0.2, -0.15) is 0 Å². The molecule has 1 N–H and O–H groups in total. The second kappa shape index (κ2) is 10.6. The first kappa shape index (κ1) is 24.6. The van der Waals surface area contributed by atoms with Crippen molar-refractivity contribution in [1.29, 1.82) is 0 Å². The summed E-state index contributed by atoms with van der Waals surface area (Å²) in [7, 11) is 0. The van der Waals surface area contributed by atoms with E-state index in [0.29, 0.717) is 5.76 Å². The lowest BCUT2D eigenvalue weighted by Gasteiger charge is -2.14. The third-order valence-corrected chi connectivity index (χ3v) is 7.00. The van der Waals surface area contributed by atoms with E-state index in [1.165, 1.54) is 0 Å². The van der Waals surface area contributed by atoms with Gasteiger partial charge in [0.15, 0.2) is 5.76 Å². The summed E-state index contributed by atoms with van der Waals surface area (Å²) < 4.78 is 11.3. The summed E-state index contributed by atoms with van der Waals surface area (Å²) in [5, 5.41) is 7.62. The Morgan fingerprint density at radius 3 is 2.21 bits per heavy atom. The molecule has 6 rings (SSSR count). The van der Waals surface area contributed by atoms with Crippen molar-refractivity contribution < 1.29 is 14.1 Å². The van der Waals surface area contributed by atoms with Crippen LogP contribution in [0.1, 0.15) is 37.1 Å². The first-order valence-corrected chi connectivity index (χ1v) is 13.2. The van der Waals surface area contributed by atoms with E-state index in [2.05, 4.69) is 34.7 Å². The molecule has 2 heterocycles. The number of nitrogens with zero attached hydrogens (tertiary/aromatic N) is 2. The fraction of sp³-hybridized carbons (Fsp3) is 0.182. The van der Waals surface area contributed by atoms with Crippen LogP contribution < -0.4 is 5.32 Å². The summed E-state index contributed by atoms with van der Waals surface area (Å²) in [5.74, 6) is 1.40. The van der Waals surface area contributed by atoms with Crippen molar-refractivity contribution in [3.05, 3.63) is 108 Å². The van der Waals surface area contributed by atoms with E-state index in [0.717, 1.165) is 63.6 Å². The van der Waals surface area contributed by atoms with Crippen LogP contribution in [0.4, 0.5) is 11.5 Å². The average Bonchev–Trinajstić information content (AvgIpc) is 3.78. The van der Waals surface area contributed by atoms with Crippen molar-refractivity contribution in [3.63, 3.8) is 0 Å². The predicted octanol–water partition coefficient (Wildman–Crippen LogP) is 8.14. The molecule has 6 heteroatoms. The van der Waals surface area contributed by atoms with Gasteiger partial charge in [0.25, 0.3) is 0 Å². The first-order chi connectivity index (χ1) is 19.0. The Morgan fingerprint density at radius 2 is 1.51 bits per heavy atom. The van der Waals surface area contributed by atoms with Crippen LogP contribution in [0.25, 0.3) is 33.7 Å². The maximum Gasteiger partial charge on any atom is 0.309 e. The molecule has 1 atom stereocenters. The molecule has 6 nitrogen and oxygen atoms in total. The molecule has 194 valence electrons. The fourth-order valence-electron chi connectivity index (χ4n) is 4.53. The number of pyridine rings is 1. The van der Waals surface area contributed by atoms with Gasteiger partial charge in [-0.05, 0) is 55.5 Å². The highest BCUT2D eigenvalue weighted by Crippen LogP contribution is 2.35. The van der Waals surface area contributed by atoms with E-state index in [1.807, 2.05) is 86.6 Å². The lowest BCUT2D eigenvalue weighted by molar-refractivity contribution is -0.150. The summed E-state index contributed by atoms with van der Waals surface area (Å²) in [5.41, 5.74) is 7.56. The maximum atomic E-state index is 12.0. The van der Waals surface area contributed by atoms with Crippen LogP contribution in [0.15, 0.2) is 102 Å². The number of hydrogen-bond acceptors (Lipinski definition) is 6. The van der Waals surface area contributed by atoms with Gasteiger partial charge >= 0.3 is 5.97 Å². The standard InChI is InChI=1S/C33H29N3O3/c1-21-31(35-30-10-6-9-29(34-30)26-7-4-3-5-8-26)32(39-36-21)27-17-15-25(16-18-27)24-13-11-23(12-14-24)22(2)38-33(37)28-19-20-28/h3-18,22,28H,19-20H2,1-2H3,(H,34,35). The minimum Gasteiger partial charge on any atom is -0.458 e. The molecule has 1 fully saturated rings. The Balaban J connectivity index is 1.18. The minimum absolute atomic E-state index is 0.0849. The highest BCUT2D eigenvalue weighted by molar-refractivity contribution is 5.79. The van der Waals surface area contributed by atoms with E-state index in [9.17, 15) is 4.79 Å². The van der Waals surface area contributed by atoms with Gasteiger partial charge in [-0.3, -0.25) is 4.79 Å². The molecule has 5 aromatic rings. The summed E-state index contributed by atoms with van der Waals surface area (Å²) in [6.07, 6.45) is 1.65. The molecule has 0 bridgehead atoms. The number of aromatic nitrogens is 2. The summed E-state index contributed by atoms with van der Waals surface area (Å²) >= 11 is 0. The number of esters is 1. The van der Waals surface area contributed by atoms with Gasteiger partial charge in [-0.1, -0.05) is 90.1 Å². The molecule has 1 saturated carbocycles. The Hall–Kier alpha value is -4.71. The third kappa shape index (κ3) is 5.46. The topological polar surface area (TPSA) is 77.2 Å². The Bertz CT molecular complexity index is 1590. The molecule has 1 unspecified atom stereocenters. The van der Waals surface area contributed by atoms with Crippen molar-refractivity contribution in [1.82, 2.24) is 10.1 Å². The summed E-state index contributed by atoms with van der Waals surface area (Å²) in [6.45, 7) is 3.83. The van der Waals surface area contributed by atoms with Gasteiger partial charge in [0, 0.05) is 11.1 Å². The Labute approximate surface area is 227 Å². The van der Waals surface area contributed by atoms with Gasteiger partial charge < -0.3 is 14.6 Å². The molecule has 3 aromatic carbocycles. The Kier molecular flexibility index (Phi) is 6.68. The van der Waals surface area contributed by atoms with E-state index in [4.69, 9.17) is 14.2 Å². The molecule has 0 aliphatic heterocycles. The number of carbonyl (C=O) groups is 1. The monoisotopic (exact) mass is 515 g/mol. The number of anilines is 2. The smallest absolute Gasteiger partial charge is 0.309 e. The van der Waals surface area contributed by atoms with Crippen LogP contribution in [0.2, 0.25) is 0 Å². The second-order valence-electron chi connectivity index (χ2n) is 9.92. The average molecular weight is 516 g/mol. The number of hydrogen-bond donors (Lipinski definition) is 1. The number of rotatable bonds is 8. The Morgan fingerprint density at radius 1 is 0.846 bits per heavy atom. The van der Waals surface area contributed by atoms with Crippen LogP contribution in [-0.2, 0) is 9.53 Å². The number of ether oxygens (including phenoxy) is 1. The quantitative estimate of drug-likeness (QED) is 0.210. The van der Waals surface area contributed by atoms with Gasteiger partial charge in [0.2, 0.25) is 0 Å². The van der Waals surface area contributed by atoms with E-state index in [-0.39, 0.29) is 18.0 Å². The van der Waals surface area contributed by atoms with E-state index < -0.39 is 0 Å². The lowest BCUT2D eigenvalue weighted by Crippen LogP contribution is -2.10. The number of benzene rings is 3. The van der Waals surface area contributed by atoms with Crippen LogP contribution in [-0.4, -0.2) is 16.1 Å². The predicted molar refractivity (Wildman–Crippen MR) is 152 cm³/mol. The lowest BCUT2D eigenvalue weighted by atomic mass is 10.0. The molecule has 1 aliphatic rings. The number of aryl methyl sites for hydroxylation is 1. The van der Waals surface area contributed by atoms with Crippen LogP contribution in [0.5, 0.6) is 0 Å². The largest absolute Gasteiger partial charge is 0.458 e. The molecule has 0 saturated heterocycles. The first-order valence-electron chi connectivity index (χ1n) is 13.2. The number of carbonyl (C=O) groups excluding carboxylic acids is 1. The van der Waals surface area contributed by atoms with Crippen LogP contribution in [0, 0.1) is 12.8 Å². The van der Waals surface area contributed by atoms with Gasteiger partial charge in [0.1, 0.15) is 23.3 Å². The molecule has 2 aromatic heterocycles. The summed E-state index contributed by atoms with van der Waals surface area (Å²) in [6, 6.07) is 32.4. The van der Waals surface area contributed by atoms with Crippen molar-refractivity contribution in [2.75, 3.05) is 5.32 Å². The SMILES string of the molecule is Cc1noc(-c2ccc(-c3ccc(C(C)OC(=O)C4CC4)cc3)cc2)c1Nc1cccc(-c2ccccc2)n1. The van der Waals surface area contributed by atoms with Crippen molar-refractivity contribution >= 4 is 17.5 Å². The van der Waals surface area contributed by atoms with Crippen LogP contribution >= 0.6 is 0 Å². The van der Waals surface area contributed by atoms with Gasteiger partial charge in [-0.15, -0.1) is 0 Å². The maximum absolute atomic E-state index is 12.0. The highest BCUT2D eigenvalue weighted by Gasteiger charge is 2.32. The van der Waals surface area contributed by atoms with Gasteiger partial charge in [0.05, 0.1) is 11.6 Å². The van der Waals surface area contributed by atoms with Crippen molar-refractivity contribution in [2.45, 2.75) is 32.8 Å². The van der Waals surface area contributed by atoms with Crippen molar-refractivity contribution in [3.8, 4) is 33.7 Å². The molecule has 0 spiro atoms. The molecular formula is C33H29N3O3. The zero-order valence-electron chi connectivity index (χ0n) is 21.9. The highest BCUT2D eigenvalue weighted by atomic mass is 16.5. The molecule has 39 heavy (non-hydrogen) atoms. The third-order valence-electron chi connectivity index (χ3n) is 7.00. The number of nitrogens with one attached hydrogen (secondary N) is 1. The van der Waals surface area contributed by atoms with E-state index >= 15 is 0 Å². The normalized spacial score (nSPS) is 13.6. The fourth-order valence-corrected chi connectivity index (χ4v) is 4.53. The second-order valence-corrected chi connectivity index (χ2v) is 9.92. The zero-order chi connectivity index (χ0) is 26.8.